The average Bonchev–Trinajstić information content (AvgIpc) is 2.58. The van der Waals surface area contributed by atoms with Crippen LogP contribution in [0.4, 0.5) is 0 Å². The molecule has 6 heteroatoms. The van der Waals surface area contributed by atoms with E-state index in [4.69, 9.17) is 0 Å². The van der Waals surface area contributed by atoms with Crippen LogP contribution in [-0.4, -0.2) is 46.9 Å². The zero-order chi connectivity index (χ0) is 19.4. The summed E-state index contributed by atoms with van der Waals surface area (Å²) >= 11 is 0. The fourth-order valence-electron chi connectivity index (χ4n) is 3.35. The molecule has 1 aliphatic heterocycles. The molecular weight excluding hydrogens is 332 g/mol. The molecule has 3 unspecified atom stereocenters. The van der Waals surface area contributed by atoms with Gasteiger partial charge in [-0.3, -0.25) is 14.4 Å². The largest absolute Gasteiger partial charge is 0.481 e. The van der Waals surface area contributed by atoms with Crippen LogP contribution in [0.25, 0.3) is 0 Å². The van der Waals surface area contributed by atoms with E-state index < -0.39 is 17.9 Å². The molecule has 1 saturated heterocycles. The summed E-state index contributed by atoms with van der Waals surface area (Å²) in [6, 6.07) is 6.49. The molecule has 1 aliphatic rings. The summed E-state index contributed by atoms with van der Waals surface area (Å²) in [6.07, 6.45) is 0.571. The summed E-state index contributed by atoms with van der Waals surface area (Å²) in [5, 5.41) is 12.1. The van der Waals surface area contributed by atoms with Crippen LogP contribution in [0.3, 0.4) is 0 Å². The Kier molecular flexibility index (Phi) is 6.40. The van der Waals surface area contributed by atoms with Gasteiger partial charge in [0, 0.05) is 18.7 Å². The van der Waals surface area contributed by atoms with Crippen molar-refractivity contribution in [3.05, 3.63) is 35.4 Å². The summed E-state index contributed by atoms with van der Waals surface area (Å²) in [4.78, 5) is 38.5. The van der Waals surface area contributed by atoms with Crippen LogP contribution in [0.5, 0.6) is 0 Å². The first kappa shape index (κ1) is 19.9. The van der Waals surface area contributed by atoms with E-state index in [0.717, 1.165) is 5.56 Å². The van der Waals surface area contributed by atoms with E-state index in [9.17, 15) is 19.5 Å². The van der Waals surface area contributed by atoms with Crippen molar-refractivity contribution in [2.24, 2.45) is 17.8 Å². The van der Waals surface area contributed by atoms with Crippen LogP contribution in [0.2, 0.25) is 0 Å². The SMILES string of the molecule is Cc1ccc(C(=O)NC(C(=O)N2CC(C)CC(C(=O)O)C2)C(C)C)cc1. The Morgan fingerprint density at radius 3 is 2.31 bits per heavy atom. The molecule has 1 aromatic rings. The molecular formula is C20H28N2O4. The van der Waals surface area contributed by atoms with Crippen molar-refractivity contribution in [2.75, 3.05) is 13.1 Å². The predicted octanol–water partition coefficient (Wildman–Crippen LogP) is 2.32. The fourth-order valence-corrected chi connectivity index (χ4v) is 3.35. The number of amides is 2. The van der Waals surface area contributed by atoms with Gasteiger partial charge in [0.05, 0.1) is 5.92 Å². The van der Waals surface area contributed by atoms with E-state index in [-0.39, 0.29) is 30.2 Å². The topological polar surface area (TPSA) is 86.7 Å². The summed E-state index contributed by atoms with van der Waals surface area (Å²) < 4.78 is 0. The van der Waals surface area contributed by atoms with Crippen LogP contribution in [0.1, 0.15) is 43.1 Å². The van der Waals surface area contributed by atoms with Gasteiger partial charge in [-0.1, -0.05) is 38.5 Å². The minimum absolute atomic E-state index is 0.0996. The molecule has 2 rings (SSSR count). The van der Waals surface area contributed by atoms with E-state index >= 15 is 0 Å². The Hall–Kier alpha value is -2.37. The number of hydrogen-bond donors (Lipinski definition) is 2. The molecule has 0 aromatic heterocycles. The number of rotatable bonds is 5. The summed E-state index contributed by atoms with van der Waals surface area (Å²) in [5.41, 5.74) is 1.56. The van der Waals surface area contributed by atoms with Crippen molar-refractivity contribution >= 4 is 17.8 Å². The number of aliphatic carboxylic acids is 1. The van der Waals surface area contributed by atoms with Gasteiger partial charge < -0.3 is 15.3 Å². The molecule has 3 atom stereocenters. The number of nitrogens with one attached hydrogen (secondary N) is 1. The van der Waals surface area contributed by atoms with Gasteiger partial charge in [-0.25, -0.2) is 0 Å². The summed E-state index contributed by atoms with van der Waals surface area (Å²) in [6.45, 7) is 8.36. The standard InChI is InChI=1S/C20H28N2O4/c1-12(2)17(21-18(23)15-7-5-13(3)6-8-15)19(24)22-10-14(4)9-16(11-22)20(25)26/h5-8,12,14,16-17H,9-11H2,1-4H3,(H,21,23)(H,25,26). The van der Waals surface area contributed by atoms with Crippen LogP contribution >= 0.6 is 0 Å². The Morgan fingerprint density at radius 1 is 1.15 bits per heavy atom. The first-order valence-electron chi connectivity index (χ1n) is 9.08. The number of nitrogens with zero attached hydrogens (tertiary/aromatic N) is 1. The second-order valence-electron chi connectivity index (χ2n) is 7.68. The maximum atomic E-state index is 13.0. The van der Waals surface area contributed by atoms with Gasteiger partial charge >= 0.3 is 5.97 Å². The first-order chi connectivity index (χ1) is 12.2. The van der Waals surface area contributed by atoms with E-state index in [1.54, 1.807) is 17.0 Å². The normalized spacial score (nSPS) is 21.3. The maximum Gasteiger partial charge on any atom is 0.308 e. The third-order valence-corrected chi connectivity index (χ3v) is 4.85. The Bertz CT molecular complexity index is 669. The van der Waals surface area contributed by atoms with E-state index in [0.29, 0.717) is 18.5 Å². The van der Waals surface area contributed by atoms with Crippen molar-refractivity contribution in [1.29, 1.82) is 0 Å². The van der Waals surface area contributed by atoms with Crippen molar-refractivity contribution in [3.8, 4) is 0 Å². The number of hydrogen-bond acceptors (Lipinski definition) is 3. The minimum atomic E-state index is -0.876. The number of aryl methyl sites for hydroxylation is 1. The van der Waals surface area contributed by atoms with Crippen molar-refractivity contribution in [3.63, 3.8) is 0 Å². The number of carbonyl (C=O) groups is 3. The van der Waals surface area contributed by atoms with Gasteiger partial charge in [-0.2, -0.15) is 0 Å². The van der Waals surface area contributed by atoms with Crippen molar-refractivity contribution in [2.45, 2.75) is 40.2 Å². The Labute approximate surface area is 154 Å². The zero-order valence-electron chi connectivity index (χ0n) is 15.9. The predicted molar refractivity (Wildman–Crippen MR) is 98.8 cm³/mol. The van der Waals surface area contributed by atoms with Crippen LogP contribution < -0.4 is 5.32 Å². The molecule has 0 radical (unpaired) electrons. The number of benzene rings is 1. The maximum absolute atomic E-state index is 13.0. The van der Waals surface area contributed by atoms with Gasteiger partial charge in [-0.05, 0) is 37.3 Å². The van der Waals surface area contributed by atoms with E-state index in [1.807, 2.05) is 39.8 Å². The number of piperidine rings is 1. The smallest absolute Gasteiger partial charge is 0.308 e. The average molecular weight is 360 g/mol. The highest BCUT2D eigenvalue weighted by atomic mass is 16.4. The number of carboxylic acids is 1. The molecule has 1 heterocycles. The molecule has 0 bridgehead atoms. The second kappa shape index (κ2) is 8.34. The number of likely N-dealkylation sites (tertiary alicyclic amines) is 1. The Balaban J connectivity index is 2.12. The monoisotopic (exact) mass is 360 g/mol. The Morgan fingerprint density at radius 2 is 1.77 bits per heavy atom. The lowest BCUT2D eigenvalue weighted by molar-refractivity contribution is -0.147. The fraction of sp³-hybridized carbons (Fsp3) is 0.550. The van der Waals surface area contributed by atoms with Gasteiger partial charge in [0.1, 0.15) is 6.04 Å². The van der Waals surface area contributed by atoms with Gasteiger partial charge in [0.25, 0.3) is 5.91 Å². The number of carboxylic acid groups (broad SMARTS) is 1. The van der Waals surface area contributed by atoms with Crippen LogP contribution in [0, 0.1) is 24.7 Å². The third kappa shape index (κ3) is 4.84. The van der Waals surface area contributed by atoms with Crippen LogP contribution in [-0.2, 0) is 9.59 Å². The zero-order valence-corrected chi connectivity index (χ0v) is 15.9. The third-order valence-electron chi connectivity index (χ3n) is 4.85. The lowest BCUT2D eigenvalue weighted by Crippen LogP contribution is -2.55. The van der Waals surface area contributed by atoms with E-state index in [1.165, 1.54) is 0 Å². The molecule has 2 N–H and O–H groups in total. The highest BCUT2D eigenvalue weighted by Gasteiger charge is 2.36. The lowest BCUT2D eigenvalue weighted by Gasteiger charge is -2.37. The molecule has 0 aliphatic carbocycles. The molecule has 0 spiro atoms. The molecule has 1 fully saturated rings. The molecule has 2 amide bonds. The molecule has 0 saturated carbocycles. The minimum Gasteiger partial charge on any atom is -0.481 e. The summed E-state index contributed by atoms with van der Waals surface area (Å²) in [5.74, 6) is -1.91. The highest BCUT2D eigenvalue weighted by molar-refractivity contribution is 5.97. The first-order valence-corrected chi connectivity index (χ1v) is 9.08. The van der Waals surface area contributed by atoms with Crippen molar-refractivity contribution < 1.29 is 19.5 Å². The molecule has 6 nitrogen and oxygen atoms in total. The van der Waals surface area contributed by atoms with Crippen LogP contribution in [0.15, 0.2) is 24.3 Å². The van der Waals surface area contributed by atoms with Gasteiger partial charge in [0.2, 0.25) is 5.91 Å². The quantitative estimate of drug-likeness (QED) is 0.844. The second-order valence-corrected chi connectivity index (χ2v) is 7.68. The highest BCUT2D eigenvalue weighted by Crippen LogP contribution is 2.23. The summed E-state index contributed by atoms with van der Waals surface area (Å²) in [7, 11) is 0. The lowest BCUT2D eigenvalue weighted by atomic mass is 9.89. The molecule has 1 aromatic carbocycles. The molecule has 142 valence electrons. The van der Waals surface area contributed by atoms with E-state index in [2.05, 4.69) is 5.32 Å². The molecule has 26 heavy (non-hydrogen) atoms. The van der Waals surface area contributed by atoms with Crippen molar-refractivity contribution in [1.82, 2.24) is 10.2 Å². The van der Waals surface area contributed by atoms with Gasteiger partial charge in [0.15, 0.2) is 0 Å². The number of carbonyl (C=O) groups excluding carboxylic acids is 2. The van der Waals surface area contributed by atoms with Gasteiger partial charge in [-0.15, -0.1) is 0 Å².